The van der Waals surface area contributed by atoms with Crippen LogP contribution in [0.4, 0.5) is 4.39 Å². The number of aromatic nitrogens is 2. The molecule has 0 aliphatic heterocycles. The Bertz CT molecular complexity index is 557. The van der Waals surface area contributed by atoms with Crippen molar-refractivity contribution in [2.45, 2.75) is 38.1 Å². The van der Waals surface area contributed by atoms with Gasteiger partial charge in [0, 0.05) is 12.5 Å². The van der Waals surface area contributed by atoms with Gasteiger partial charge in [0.05, 0.1) is 11.0 Å². The molecule has 3 nitrogen and oxygen atoms in total. The maximum Gasteiger partial charge on any atom is 0.125 e. The second-order valence-electron chi connectivity index (χ2n) is 5.01. The van der Waals surface area contributed by atoms with E-state index >= 15 is 0 Å². The first-order valence-electron chi connectivity index (χ1n) is 6.66. The SMILES string of the molecule is NCCCCc1nc2ccc(F)cc2n1C1CC1. The Kier molecular flexibility index (Phi) is 3.04. The van der Waals surface area contributed by atoms with E-state index in [1.54, 1.807) is 12.1 Å². The maximum absolute atomic E-state index is 13.4. The van der Waals surface area contributed by atoms with Crippen LogP contribution in [0.15, 0.2) is 18.2 Å². The molecule has 18 heavy (non-hydrogen) atoms. The number of fused-ring (bicyclic) bond motifs is 1. The third-order valence-electron chi connectivity index (χ3n) is 3.49. The highest BCUT2D eigenvalue weighted by Crippen LogP contribution is 2.39. The summed E-state index contributed by atoms with van der Waals surface area (Å²) in [6, 6.07) is 5.39. The van der Waals surface area contributed by atoms with Gasteiger partial charge in [-0.25, -0.2) is 9.37 Å². The second-order valence-corrected chi connectivity index (χ2v) is 5.01. The van der Waals surface area contributed by atoms with Crippen molar-refractivity contribution in [3.05, 3.63) is 29.8 Å². The first-order valence-corrected chi connectivity index (χ1v) is 6.66. The monoisotopic (exact) mass is 247 g/mol. The van der Waals surface area contributed by atoms with Crippen LogP contribution in [0.3, 0.4) is 0 Å². The van der Waals surface area contributed by atoms with Crippen molar-refractivity contribution >= 4 is 11.0 Å². The molecule has 1 aromatic carbocycles. The zero-order chi connectivity index (χ0) is 12.5. The van der Waals surface area contributed by atoms with Gasteiger partial charge in [-0.1, -0.05) is 0 Å². The molecule has 96 valence electrons. The highest BCUT2D eigenvalue weighted by atomic mass is 19.1. The summed E-state index contributed by atoms with van der Waals surface area (Å²) in [5.74, 6) is 0.907. The van der Waals surface area contributed by atoms with Crippen molar-refractivity contribution in [1.29, 1.82) is 0 Å². The Labute approximate surface area is 106 Å². The number of aryl methyl sites for hydroxylation is 1. The Hall–Kier alpha value is -1.42. The summed E-state index contributed by atoms with van der Waals surface area (Å²) in [6.07, 6.45) is 5.37. The molecule has 3 rings (SSSR count). The summed E-state index contributed by atoms with van der Waals surface area (Å²) in [6.45, 7) is 0.721. The Balaban J connectivity index is 1.98. The molecule has 0 bridgehead atoms. The number of unbranched alkanes of at least 4 members (excludes halogenated alkanes) is 1. The number of hydrogen-bond acceptors (Lipinski definition) is 2. The molecule has 2 N–H and O–H groups in total. The van der Waals surface area contributed by atoms with Crippen LogP contribution in [0.2, 0.25) is 0 Å². The van der Waals surface area contributed by atoms with E-state index in [1.165, 1.54) is 18.9 Å². The number of nitrogens with zero attached hydrogens (tertiary/aromatic N) is 2. The van der Waals surface area contributed by atoms with E-state index in [4.69, 9.17) is 5.73 Å². The van der Waals surface area contributed by atoms with E-state index in [1.807, 2.05) is 0 Å². The Morgan fingerprint density at radius 3 is 2.89 bits per heavy atom. The topological polar surface area (TPSA) is 43.8 Å². The van der Waals surface area contributed by atoms with Crippen LogP contribution in [0, 0.1) is 5.82 Å². The van der Waals surface area contributed by atoms with Crippen molar-refractivity contribution in [3.63, 3.8) is 0 Å². The quantitative estimate of drug-likeness (QED) is 0.826. The van der Waals surface area contributed by atoms with Gasteiger partial charge in [0.15, 0.2) is 0 Å². The van der Waals surface area contributed by atoms with Crippen LogP contribution in [-0.2, 0) is 6.42 Å². The normalized spacial score (nSPS) is 15.4. The van der Waals surface area contributed by atoms with Crippen LogP contribution in [0.1, 0.15) is 37.5 Å². The van der Waals surface area contributed by atoms with Crippen molar-refractivity contribution < 1.29 is 4.39 Å². The lowest BCUT2D eigenvalue weighted by atomic mass is 10.2. The molecule has 0 unspecified atom stereocenters. The molecular weight excluding hydrogens is 229 g/mol. The van der Waals surface area contributed by atoms with Gasteiger partial charge in [0.25, 0.3) is 0 Å². The lowest BCUT2D eigenvalue weighted by Gasteiger charge is -2.07. The highest BCUT2D eigenvalue weighted by molar-refractivity contribution is 5.76. The third-order valence-corrected chi connectivity index (χ3v) is 3.49. The van der Waals surface area contributed by atoms with E-state index < -0.39 is 0 Å². The number of benzene rings is 1. The van der Waals surface area contributed by atoms with Crippen LogP contribution in [0.25, 0.3) is 11.0 Å². The van der Waals surface area contributed by atoms with Crippen LogP contribution >= 0.6 is 0 Å². The van der Waals surface area contributed by atoms with Gasteiger partial charge in [-0.3, -0.25) is 0 Å². The van der Waals surface area contributed by atoms with Crippen LogP contribution in [-0.4, -0.2) is 16.1 Å². The second kappa shape index (κ2) is 4.69. The average molecular weight is 247 g/mol. The molecule has 1 aromatic heterocycles. The van der Waals surface area contributed by atoms with Gasteiger partial charge in [-0.15, -0.1) is 0 Å². The molecule has 1 fully saturated rings. The van der Waals surface area contributed by atoms with E-state index in [2.05, 4.69) is 9.55 Å². The molecule has 0 saturated heterocycles. The van der Waals surface area contributed by atoms with Crippen LogP contribution < -0.4 is 5.73 Å². The van der Waals surface area contributed by atoms with Crippen molar-refractivity contribution in [3.8, 4) is 0 Å². The fourth-order valence-corrected chi connectivity index (χ4v) is 2.46. The zero-order valence-electron chi connectivity index (χ0n) is 10.4. The summed E-state index contributed by atoms with van der Waals surface area (Å²) >= 11 is 0. The highest BCUT2D eigenvalue weighted by Gasteiger charge is 2.28. The molecular formula is C14H18FN3. The van der Waals surface area contributed by atoms with Crippen LogP contribution in [0.5, 0.6) is 0 Å². The van der Waals surface area contributed by atoms with Gasteiger partial charge in [-0.2, -0.15) is 0 Å². The standard InChI is InChI=1S/C14H18FN3/c15-10-4-7-12-13(9-10)18(11-5-6-11)14(17-12)3-1-2-8-16/h4,7,9,11H,1-3,5-6,8,16H2. The Morgan fingerprint density at radius 1 is 1.33 bits per heavy atom. The summed E-state index contributed by atoms with van der Waals surface area (Å²) < 4.78 is 15.6. The molecule has 0 spiro atoms. The number of halogens is 1. The average Bonchev–Trinajstić information content (AvgIpc) is 3.12. The third kappa shape index (κ3) is 2.12. The smallest absolute Gasteiger partial charge is 0.125 e. The predicted molar refractivity (Wildman–Crippen MR) is 70.0 cm³/mol. The van der Waals surface area contributed by atoms with E-state index in [0.717, 1.165) is 42.7 Å². The first kappa shape index (κ1) is 11.7. The number of hydrogen-bond donors (Lipinski definition) is 1. The van der Waals surface area contributed by atoms with Gasteiger partial charge in [0.2, 0.25) is 0 Å². The minimum Gasteiger partial charge on any atom is -0.330 e. The van der Waals surface area contributed by atoms with Gasteiger partial charge < -0.3 is 10.3 Å². The number of imidazole rings is 1. The number of rotatable bonds is 5. The fraction of sp³-hybridized carbons (Fsp3) is 0.500. The Morgan fingerprint density at radius 2 is 2.17 bits per heavy atom. The maximum atomic E-state index is 13.4. The zero-order valence-corrected chi connectivity index (χ0v) is 10.4. The first-order chi connectivity index (χ1) is 8.79. The molecule has 0 atom stereocenters. The summed E-state index contributed by atoms with van der Waals surface area (Å²) in [4.78, 5) is 4.64. The summed E-state index contributed by atoms with van der Waals surface area (Å²) in [7, 11) is 0. The summed E-state index contributed by atoms with van der Waals surface area (Å²) in [5, 5.41) is 0. The van der Waals surface area contributed by atoms with Gasteiger partial charge in [0.1, 0.15) is 11.6 Å². The molecule has 1 aliphatic carbocycles. The van der Waals surface area contributed by atoms with E-state index in [-0.39, 0.29) is 5.82 Å². The largest absolute Gasteiger partial charge is 0.330 e. The van der Waals surface area contributed by atoms with Gasteiger partial charge in [-0.05, 0) is 50.4 Å². The molecule has 1 aliphatic rings. The molecule has 0 radical (unpaired) electrons. The van der Waals surface area contributed by atoms with Gasteiger partial charge >= 0.3 is 0 Å². The summed E-state index contributed by atoms with van der Waals surface area (Å²) in [5.41, 5.74) is 7.37. The van der Waals surface area contributed by atoms with E-state index in [9.17, 15) is 4.39 Å². The van der Waals surface area contributed by atoms with E-state index in [0.29, 0.717) is 6.04 Å². The lowest BCUT2D eigenvalue weighted by molar-refractivity contribution is 0.625. The molecule has 1 heterocycles. The van der Waals surface area contributed by atoms with Crippen molar-refractivity contribution in [2.75, 3.05) is 6.54 Å². The minimum absolute atomic E-state index is 0.183. The predicted octanol–water partition coefficient (Wildman–Crippen LogP) is 2.79. The lowest BCUT2D eigenvalue weighted by Crippen LogP contribution is -2.04. The number of nitrogens with two attached hydrogens (primary N) is 1. The molecule has 1 saturated carbocycles. The molecule has 2 aromatic rings. The van der Waals surface area contributed by atoms with Crippen molar-refractivity contribution in [1.82, 2.24) is 9.55 Å². The molecule has 0 amide bonds. The molecule has 4 heteroatoms. The van der Waals surface area contributed by atoms with Crippen molar-refractivity contribution in [2.24, 2.45) is 5.73 Å². The minimum atomic E-state index is -0.183. The fourth-order valence-electron chi connectivity index (χ4n) is 2.46.